The second-order valence-electron chi connectivity index (χ2n) is 3.91. The highest BCUT2D eigenvalue weighted by molar-refractivity contribution is 7.09. The Hall–Kier alpha value is -0.940. The van der Waals surface area contributed by atoms with E-state index in [2.05, 4.69) is 10.3 Å². The Morgan fingerprint density at radius 2 is 2.44 bits per heavy atom. The van der Waals surface area contributed by atoms with Crippen LogP contribution in [0.15, 0.2) is 11.6 Å². The minimum absolute atomic E-state index is 0.0646. The van der Waals surface area contributed by atoms with E-state index in [1.54, 1.807) is 17.5 Å². The summed E-state index contributed by atoms with van der Waals surface area (Å²) in [6, 6.07) is -0.381. The van der Waals surface area contributed by atoms with Crippen LogP contribution in [0.5, 0.6) is 0 Å². The molecule has 0 spiro atoms. The van der Waals surface area contributed by atoms with Gasteiger partial charge in [-0.25, -0.2) is 4.98 Å². The minimum Gasteiger partial charge on any atom is -0.354 e. The molecule has 3 N–H and O–H groups in total. The molecule has 90 valence electrons. The summed E-state index contributed by atoms with van der Waals surface area (Å²) in [5.41, 5.74) is 5.71. The number of nitrogens with two attached hydrogens (primary N) is 1. The van der Waals surface area contributed by atoms with Gasteiger partial charge in [-0.05, 0) is 6.42 Å². The van der Waals surface area contributed by atoms with Gasteiger partial charge in [0.1, 0.15) is 0 Å². The second kappa shape index (κ2) is 6.60. The van der Waals surface area contributed by atoms with Gasteiger partial charge in [0.25, 0.3) is 0 Å². The van der Waals surface area contributed by atoms with Gasteiger partial charge in [-0.15, -0.1) is 11.3 Å². The molecule has 1 amide bonds. The van der Waals surface area contributed by atoms with Crippen molar-refractivity contribution >= 4 is 17.2 Å². The van der Waals surface area contributed by atoms with Crippen LogP contribution in [-0.4, -0.2) is 23.5 Å². The predicted molar refractivity (Wildman–Crippen MR) is 66.4 cm³/mol. The summed E-state index contributed by atoms with van der Waals surface area (Å²) in [5, 5.41) is 5.84. The standard InChI is InChI=1S/C11H19N3OS/c1-3-4-9(12)10(15)14-7-8(2)11-13-5-6-16-11/h5-6,8-9H,3-4,7,12H2,1-2H3,(H,14,15)/t8?,9-/m1/s1. The molecule has 4 nitrogen and oxygen atoms in total. The smallest absolute Gasteiger partial charge is 0.236 e. The second-order valence-corrected chi connectivity index (χ2v) is 4.84. The lowest BCUT2D eigenvalue weighted by atomic mass is 10.1. The highest BCUT2D eigenvalue weighted by Gasteiger charge is 2.14. The molecule has 1 aromatic rings. The van der Waals surface area contributed by atoms with Crippen molar-refractivity contribution in [2.24, 2.45) is 5.73 Å². The van der Waals surface area contributed by atoms with E-state index in [0.29, 0.717) is 6.54 Å². The Balaban J connectivity index is 2.31. The average molecular weight is 241 g/mol. The van der Waals surface area contributed by atoms with Gasteiger partial charge < -0.3 is 11.1 Å². The summed E-state index contributed by atoms with van der Waals surface area (Å²) in [4.78, 5) is 15.8. The summed E-state index contributed by atoms with van der Waals surface area (Å²) in [7, 11) is 0. The summed E-state index contributed by atoms with van der Waals surface area (Å²) in [6.07, 6.45) is 3.44. The zero-order valence-corrected chi connectivity index (χ0v) is 10.6. The van der Waals surface area contributed by atoms with Crippen molar-refractivity contribution in [1.29, 1.82) is 0 Å². The molecule has 0 aromatic carbocycles. The number of carbonyl (C=O) groups excluding carboxylic acids is 1. The number of nitrogens with one attached hydrogen (secondary N) is 1. The lowest BCUT2D eigenvalue weighted by Crippen LogP contribution is -2.41. The van der Waals surface area contributed by atoms with Crippen molar-refractivity contribution in [3.05, 3.63) is 16.6 Å². The summed E-state index contributed by atoms with van der Waals surface area (Å²) in [6.45, 7) is 4.67. The van der Waals surface area contributed by atoms with Crippen molar-refractivity contribution in [2.75, 3.05) is 6.54 Å². The molecule has 1 aromatic heterocycles. The van der Waals surface area contributed by atoms with E-state index >= 15 is 0 Å². The maximum atomic E-state index is 11.6. The fourth-order valence-corrected chi connectivity index (χ4v) is 2.09. The first-order valence-corrected chi connectivity index (χ1v) is 6.45. The zero-order chi connectivity index (χ0) is 12.0. The Morgan fingerprint density at radius 1 is 1.69 bits per heavy atom. The molecule has 1 unspecified atom stereocenters. The van der Waals surface area contributed by atoms with Gasteiger partial charge in [0.2, 0.25) is 5.91 Å². The lowest BCUT2D eigenvalue weighted by molar-refractivity contribution is -0.122. The van der Waals surface area contributed by atoms with E-state index in [-0.39, 0.29) is 17.9 Å². The third-order valence-corrected chi connectivity index (χ3v) is 3.40. The third-order valence-electron chi connectivity index (χ3n) is 2.39. The van der Waals surface area contributed by atoms with Gasteiger partial charge >= 0.3 is 0 Å². The Morgan fingerprint density at radius 3 is 3.00 bits per heavy atom. The number of carbonyl (C=O) groups is 1. The molecule has 1 rings (SSSR count). The Kier molecular flexibility index (Phi) is 5.42. The molecule has 0 fully saturated rings. The van der Waals surface area contributed by atoms with Crippen LogP contribution >= 0.6 is 11.3 Å². The molecular formula is C11H19N3OS. The molecule has 5 heteroatoms. The van der Waals surface area contributed by atoms with Crippen molar-refractivity contribution in [1.82, 2.24) is 10.3 Å². The highest BCUT2D eigenvalue weighted by Crippen LogP contribution is 2.16. The molecule has 0 aliphatic heterocycles. The van der Waals surface area contributed by atoms with Gasteiger partial charge in [-0.3, -0.25) is 4.79 Å². The zero-order valence-electron chi connectivity index (χ0n) is 9.77. The van der Waals surface area contributed by atoms with E-state index in [4.69, 9.17) is 5.73 Å². The normalized spacial score (nSPS) is 14.4. The molecule has 1 heterocycles. The largest absolute Gasteiger partial charge is 0.354 e. The maximum absolute atomic E-state index is 11.6. The van der Waals surface area contributed by atoms with E-state index in [0.717, 1.165) is 17.8 Å². The summed E-state index contributed by atoms with van der Waals surface area (Å²) < 4.78 is 0. The van der Waals surface area contributed by atoms with Crippen LogP contribution in [0.4, 0.5) is 0 Å². The molecular weight excluding hydrogens is 222 g/mol. The monoisotopic (exact) mass is 241 g/mol. The van der Waals surface area contributed by atoms with Crippen LogP contribution in [0.3, 0.4) is 0 Å². The van der Waals surface area contributed by atoms with Gasteiger partial charge in [-0.2, -0.15) is 0 Å². The molecule has 0 saturated carbocycles. The Bertz CT molecular complexity index is 313. The summed E-state index contributed by atoms with van der Waals surface area (Å²) in [5.74, 6) is 0.183. The van der Waals surface area contributed by atoms with Crippen LogP contribution in [0, 0.1) is 0 Å². The molecule has 0 radical (unpaired) electrons. The van der Waals surface area contributed by atoms with E-state index in [1.807, 2.05) is 19.2 Å². The van der Waals surface area contributed by atoms with Crippen LogP contribution < -0.4 is 11.1 Å². The number of nitrogens with zero attached hydrogens (tertiary/aromatic N) is 1. The topological polar surface area (TPSA) is 68.0 Å². The van der Waals surface area contributed by atoms with Crippen LogP contribution in [0.2, 0.25) is 0 Å². The van der Waals surface area contributed by atoms with E-state index in [1.165, 1.54) is 0 Å². The Labute approximate surface area is 100 Å². The molecule has 0 saturated heterocycles. The molecule has 0 aliphatic rings. The number of amides is 1. The van der Waals surface area contributed by atoms with Gasteiger partial charge in [0, 0.05) is 24.0 Å². The minimum atomic E-state index is -0.381. The summed E-state index contributed by atoms with van der Waals surface area (Å²) >= 11 is 1.61. The van der Waals surface area contributed by atoms with Crippen LogP contribution in [-0.2, 0) is 4.79 Å². The van der Waals surface area contributed by atoms with Crippen LogP contribution in [0.25, 0.3) is 0 Å². The maximum Gasteiger partial charge on any atom is 0.236 e. The fourth-order valence-electron chi connectivity index (χ4n) is 1.39. The third kappa shape index (κ3) is 3.90. The number of rotatable bonds is 6. The SMILES string of the molecule is CCC[C@@H](N)C(=O)NCC(C)c1nccs1. The predicted octanol–water partition coefficient (Wildman–Crippen LogP) is 1.49. The van der Waals surface area contributed by atoms with Crippen molar-refractivity contribution in [2.45, 2.75) is 38.6 Å². The van der Waals surface area contributed by atoms with Crippen LogP contribution in [0.1, 0.15) is 37.6 Å². The van der Waals surface area contributed by atoms with Gasteiger partial charge in [-0.1, -0.05) is 20.3 Å². The molecule has 0 aliphatic carbocycles. The number of aromatic nitrogens is 1. The number of hydrogen-bond acceptors (Lipinski definition) is 4. The van der Waals surface area contributed by atoms with Gasteiger partial charge in [0.15, 0.2) is 0 Å². The first-order chi connectivity index (χ1) is 7.65. The van der Waals surface area contributed by atoms with Crippen molar-refractivity contribution in [3.8, 4) is 0 Å². The fraction of sp³-hybridized carbons (Fsp3) is 0.636. The van der Waals surface area contributed by atoms with E-state index < -0.39 is 0 Å². The van der Waals surface area contributed by atoms with Crippen molar-refractivity contribution < 1.29 is 4.79 Å². The molecule has 2 atom stereocenters. The highest BCUT2D eigenvalue weighted by atomic mass is 32.1. The van der Waals surface area contributed by atoms with E-state index in [9.17, 15) is 4.79 Å². The average Bonchev–Trinajstić information content (AvgIpc) is 2.79. The number of thiazole rings is 1. The van der Waals surface area contributed by atoms with Crippen molar-refractivity contribution in [3.63, 3.8) is 0 Å². The quantitative estimate of drug-likeness (QED) is 0.793. The first-order valence-electron chi connectivity index (χ1n) is 5.57. The number of hydrogen-bond donors (Lipinski definition) is 2. The first kappa shape index (κ1) is 13.1. The molecule has 0 bridgehead atoms. The molecule has 16 heavy (non-hydrogen) atoms. The lowest BCUT2D eigenvalue weighted by Gasteiger charge is -2.13. The van der Waals surface area contributed by atoms with Gasteiger partial charge in [0.05, 0.1) is 11.0 Å².